The SMILES string of the molecule is O=[N+]([O-])c1ccc(Cl)nc1OCC1CCOC1. The summed E-state index contributed by atoms with van der Waals surface area (Å²) < 4.78 is 10.5. The summed E-state index contributed by atoms with van der Waals surface area (Å²) in [6.45, 7) is 1.68. The Morgan fingerprint density at radius 2 is 2.47 bits per heavy atom. The summed E-state index contributed by atoms with van der Waals surface area (Å²) in [6.07, 6.45) is 0.897. The van der Waals surface area contributed by atoms with Crippen LogP contribution in [0.5, 0.6) is 5.88 Å². The van der Waals surface area contributed by atoms with Crippen molar-refractivity contribution in [2.24, 2.45) is 5.92 Å². The second kappa shape index (κ2) is 5.29. The van der Waals surface area contributed by atoms with Crippen LogP contribution in [0.3, 0.4) is 0 Å². The Morgan fingerprint density at radius 3 is 3.12 bits per heavy atom. The molecule has 0 aromatic carbocycles. The van der Waals surface area contributed by atoms with Crippen LogP contribution < -0.4 is 4.74 Å². The Labute approximate surface area is 103 Å². The highest BCUT2D eigenvalue weighted by Crippen LogP contribution is 2.27. The lowest BCUT2D eigenvalue weighted by Gasteiger charge is -2.09. The van der Waals surface area contributed by atoms with Crippen LogP contribution in [-0.2, 0) is 4.74 Å². The van der Waals surface area contributed by atoms with Gasteiger partial charge in [0.05, 0.1) is 18.1 Å². The van der Waals surface area contributed by atoms with E-state index in [0.717, 1.165) is 6.42 Å². The van der Waals surface area contributed by atoms with Gasteiger partial charge < -0.3 is 9.47 Å². The van der Waals surface area contributed by atoms with E-state index in [9.17, 15) is 10.1 Å². The smallest absolute Gasteiger partial charge is 0.331 e. The van der Waals surface area contributed by atoms with Crippen LogP contribution in [0.2, 0.25) is 5.15 Å². The van der Waals surface area contributed by atoms with Crippen LogP contribution >= 0.6 is 11.6 Å². The number of aromatic nitrogens is 1. The molecule has 1 saturated heterocycles. The summed E-state index contributed by atoms with van der Waals surface area (Å²) in [6, 6.07) is 2.65. The molecule has 1 aliphatic rings. The number of pyridine rings is 1. The van der Waals surface area contributed by atoms with E-state index in [-0.39, 0.29) is 22.6 Å². The fourth-order valence-electron chi connectivity index (χ4n) is 1.57. The van der Waals surface area contributed by atoms with Crippen LogP contribution in [0.4, 0.5) is 5.69 Å². The predicted octanol–water partition coefficient (Wildman–Crippen LogP) is 2.06. The van der Waals surface area contributed by atoms with E-state index in [1.807, 2.05) is 0 Å². The molecular weight excluding hydrogens is 248 g/mol. The number of halogens is 1. The molecule has 92 valence electrons. The molecule has 1 aromatic heterocycles. The quantitative estimate of drug-likeness (QED) is 0.469. The van der Waals surface area contributed by atoms with Gasteiger partial charge in [0.1, 0.15) is 5.15 Å². The third kappa shape index (κ3) is 3.04. The van der Waals surface area contributed by atoms with E-state index >= 15 is 0 Å². The fraction of sp³-hybridized carbons (Fsp3) is 0.500. The summed E-state index contributed by atoms with van der Waals surface area (Å²) in [5, 5.41) is 10.9. The van der Waals surface area contributed by atoms with Crippen molar-refractivity contribution in [3.63, 3.8) is 0 Å². The summed E-state index contributed by atoms with van der Waals surface area (Å²) in [4.78, 5) is 14.0. The summed E-state index contributed by atoms with van der Waals surface area (Å²) in [7, 11) is 0. The first kappa shape index (κ1) is 12.1. The Kier molecular flexibility index (Phi) is 3.75. The van der Waals surface area contributed by atoms with Gasteiger partial charge in [0.25, 0.3) is 5.88 Å². The average molecular weight is 259 g/mol. The number of nitrogens with zero attached hydrogens (tertiary/aromatic N) is 2. The summed E-state index contributed by atoms with van der Waals surface area (Å²) >= 11 is 5.68. The van der Waals surface area contributed by atoms with Crippen molar-refractivity contribution < 1.29 is 14.4 Å². The predicted molar refractivity (Wildman–Crippen MR) is 60.3 cm³/mol. The molecule has 17 heavy (non-hydrogen) atoms. The molecule has 1 fully saturated rings. The van der Waals surface area contributed by atoms with Crippen molar-refractivity contribution in [1.29, 1.82) is 0 Å². The van der Waals surface area contributed by atoms with Gasteiger partial charge in [-0.3, -0.25) is 10.1 Å². The second-order valence-corrected chi connectivity index (χ2v) is 4.14. The zero-order valence-electron chi connectivity index (χ0n) is 8.97. The normalized spacial score (nSPS) is 19.2. The van der Waals surface area contributed by atoms with Gasteiger partial charge in [0.15, 0.2) is 0 Å². The molecule has 1 atom stereocenters. The molecule has 6 nitrogen and oxygen atoms in total. The highest BCUT2D eigenvalue weighted by Gasteiger charge is 2.21. The average Bonchev–Trinajstić information content (AvgIpc) is 2.78. The Hall–Kier alpha value is -1.40. The van der Waals surface area contributed by atoms with E-state index < -0.39 is 4.92 Å². The van der Waals surface area contributed by atoms with Crippen molar-refractivity contribution >= 4 is 17.3 Å². The highest BCUT2D eigenvalue weighted by atomic mass is 35.5. The number of ether oxygens (including phenoxy) is 2. The summed E-state index contributed by atoms with van der Waals surface area (Å²) in [5.41, 5.74) is -0.173. The number of nitro groups is 1. The van der Waals surface area contributed by atoms with Gasteiger partial charge in [-0.25, -0.2) is 0 Å². The van der Waals surface area contributed by atoms with Gasteiger partial charge in [0, 0.05) is 18.6 Å². The van der Waals surface area contributed by atoms with Crippen molar-refractivity contribution in [1.82, 2.24) is 4.98 Å². The monoisotopic (exact) mass is 258 g/mol. The van der Waals surface area contributed by atoms with Crippen molar-refractivity contribution in [2.75, 3.05) is 19.8 Å². The molecule has 1 aliphatic heterocycles. The molecule has 0 N–H and O–H groups in total. The van der Waals surface area contributed by atoms with Crippen LogP contribution in [0.1, 0.15) is 6.42 Å². The maximum Gasteiger partial charge on any atom is 0.331 e. The van der Waals surface area contributed by atoms with Gasteiger partial charge in [-0.2, -0.15) is 4.98 Å². The lowest BCUT2D eigenvalue weighted by molar-refractivity contribution is -0.386. The molecule has 7 heteroatoms. The van der Waals surface area contributed by atoms with E-state index in [4.69, 9.17) is 21.1 Å². The maximum absolute atomic E-state index is 10.7. The zero-order valence-corrected chi connectivity index (χ0v) is 9.72. The van der Waals surface area contributed by atoms with Gasteiger partial charge >= 0.3 is 5.69 Å². The Bertz CT molecular complexity index is 421. The van der Waals surface area contributed by atoms with Gasteiger partial charge in [0.2, 0.25) is 0 Å². The van der Waals surface area contributed by atoms with E-state index in [1.165, 1.54) is 12.1 Å². The molecule has 0 spiro atoms. The lowest BCUT2D eigenvalue weighted by atomic mass is 10.1. The largest absolute Gasteiger partial charge is 0.472 e. The van der Waals surface area contributed by atoms with Gasteiger partial charge in [-0.15, -0.1) is 0 Å². The van der Waals surface area contributed by atoms with E-state index in [2.05, 4.69) is 4.98 Å². The van der Waals surface area contributed by atoms with E-state index in [1.54, 1.807) is 0 Å². The van der Waals surface area contributed by atoms with E-state index in [0.29, 0.717) is 19.8 Å². The molecule has 0 radical (unpaired) electrons. The Balaban J connectivity index is 2.07. The molecule has 1 aromatic rings. The van der Waals surface area contributed by atoms with Crippen LogP contribution in [0.25, 0.3) is 0 Å². The van der Waals surface area contributed by atoms with Crippen molar-refractivity contribution in [3.8, 4) is 5.88 Å². The molecule has 1 unspecified atom stereocenters. The first-order valence-electron chi connectivity index (χ1n) is 5.18. The molecule has 2 heterocycles. The van der Waals surface area contributed by atoms with Crippen LogP contribution in [-0.4, -0.2) is 29.7 Å². The van der Waals surface area contributed by atoms with Gasteiger partial charge in [-0.1, -0.05) is 11.6 Å². The zero-order chi connectivity index (χ0) is 12.3. The molecule has 0 aliphatic carbocycles. The molecular formula is C10H11ClN2O4. The van der Waals surface area contributed by atoms with Crippen LogP contribution in [0, 0.1) is 16.0 Å². The lowest BCUT2D eigenvalue weighted by Crippen LogP contribution is -2.13. The third-order valence-corrected chi connectivity index (χ3v) is 2.69. The molecule has 0 saturated carbocycles. The van der Waals surface area contributed by atoms with Crippen molar-refractivity contribution in [2.45, 2.75) is 6.42 Å². The highest BCUT2D eigenvalue weighted by molar-refractivity contribution is 6.29. The molecule has 0 amide bonds. The first-order chi connectivity index (χ1) is 8.16. The molecule has 2 rings (SSSR count). The summed E-state index contributed by atoms with van der Waals surface area (Å²) in [5.74, 6) is 0.227. The fourth-order valence-corrected chi connectivity index (χ4v) is 1.71. The molecule has 0 bridgehead atoms. The number of rotatable bonds is 4. The third-order valence-electron chi connectivity index (χ3n) is 2.48. The minimum Gasteiger partial charge on any atom is -0.472 e. The first-order valence-corrected chi connectivity index (χ1v) is 5.56. The topological polar surface area (TPSA) is 74.5 Å². The number of hydrogen-bond acceptors (Lipinski definition) is 5. The second-order valence-electron chi connectivity index (χ2n) is 3.76. The maximum atomic E-state index is 10.7. The minimum atomic E-state index is -0.538. The van der Waals surface area contributed by atoms with Crippen molar-refractivity contribution in [3.05, 3.63) is 27.4 Å². The van der Waals surface area contributed by atoms with Gasteiger partial charge in [-0.05, 0) is 12.5 Å². The number of hydrogen-bond donors (Lipinski definition) is 0. The van der Waals surface area contributed by atoms with Crippen LogP contribution in [0.15, 0.2) is 12.1 Å². The minimum absolute atomic E-state index is 0.0330. The standard InChI is InChI=1S/C10H11ClN2O4/c11-9-2-1-8(13(14)15)10(12-9)17-6-7-3-4-16-5-7/h1-2,7H,3-6H2. The Morgan fingerprint density at radius 1 is 1.65 bits per heavy atom.